The van der Waals surface area contributed by atoms with Gasteiger partial charge in [-0.1, -0.05) is 12.2 Å². The van der Waals surface area contributed by atoms with Crippen LogP contribution in [0.15, 0.2) is 12.2 Å². The third-order valence-electron chi connectivity index (χ3n) is 5.01. The minimum absolute atomic E-state index is 0.0272. The lowest BCUT2D eigenvalue weighted by atomic mass is 9.82. The van der Waals surface area contributed by atoms with Crippen molar-refractivity contribution < 1.29 is 24.3 Å². The average Bonchev–Trinajstić information content (AvgIpc) is 3.08. The molecule has 1 saturated heterocycles. The normalized spacial score (nSPS) is 35.0. The number of carbonyl (C=O) groups excluding carboxylic acids is 2. The molecule has 1 saturated carbocycles. The van der Waals surface area contributed by atoms with E-state index in [1.165, 1.54) is 4.90 Å². The summed E-state index contributed by atoms with van der Waals surface area (Å²) in [6, 6.07) is 0. The molecule has 3 aliphatic rings. The molecule has 0 aromatic rings. The molecule has 0 radical (unpaired) electrons. The fourth-order valence-corrected chi connectivity index (χ4v) is 3.89. The van der Waals surface area contributed by atoms with E-state index >= 15 is 0 Å². The SMILES string of the molecule is O=C([O-])[C@@H]1[C@@H](C(=O)NCC[NH+]2CCOCC2)[C@H]2C=C[C@H]1C2. The first-order chi connectivity index (χ1) is 10.2. The third-order valence-corrected chi connectivity index (χ3v) is 5.01. The van der Waals surface area contributed by atoms with E-state index in [9.17, 15) is 14.7 Å². The Morgan fingerprint density at radius 2 is 1.86 bits per heavy atom. The number of carboxylic acids is 1. The van der Waals surface area contributed by atoms with Crippen LogP contribution in [0.2, 0.25) is 0 Å². The Morgan fingerprint density at radius 3 is 2.52 bits per heavy atom. The Morgan fingerprint density at radius 1 is 1.19 bits per heavy atom. The second kappa shape index (κ2) is 6.15. The van der Waals surface area contributed by atoms with Crippen molar-refractivity contribution in [2.24, 2.45) is 23.7 Å². The van der Waals surface area contributed by atoms with Crippen LogP contribution in [0, 0.1) is 23.7 Å². The molecule has 1 aliphatic heterocycles. The van der Waals surface area contributed by atoms with Crippen LogP contribution in [0.5, 0.6) is 0 Å². The van der Waals surface area contributed by atoms with E-state index in [0.717, 1.165) is 39.3 Å². The maximum absolute atomic E-state index is 12.3. The number of ether oxygens (including phenoxy) is 1. The summed E-state index contributed by atoms with van der Waals surface area (Å²) < 4.78 is 5.29. The molecular formula is C15H22N2O4. The minimum atomic E-state index is -1.09. The van der Waals surface area contributed by atoms with Crippen LogP contribution < -0.4 is 15.3 Å². The number of nitrogens with one attached hydrogen (secondary N) is 2. The molecule has 6 heteroatoms. The molecule has 4 atom stereocenters. The summed E-state index contributed by atoms with van der Waals surface area (Å²) in [5.41, 5.74) is 0. The van der Waals surface area contributed by atoms with Crippen LogP contribution in [-0.4, -0.2) is 51.3 Å². The van der Waals surface area contributed by atoms with Crippen LogP contribution in [0.3, 0.4) is 0 Å². The van der Waals surface area contributed by atoms with Crippen molar-refractivity contribution in [2.45, 2.75) is 6.42 Å². The van der Waals surface area contributed by atoms with Gasteiger partial charge in [0.05, 0.1) is 32.2 Å². The summed E-state index contributed by atoms with van der Waals surface area (Å²) in [4.78, 5) is 25.0. The van der Waals surface area contributed by atoms with Crippen molar-refractivity contribution in [3.05, 3.63) is 12.2 Å². The predicted octanol–water partition coefficient (Wildman–Crippen LogP) is -2.79. The summed E-state index contributed by atoms with van der Waals surface area (Å²) >= 11 is 0. The monoisotopic (exact) mass is 294 g/mol. The van der Waals surface area contributed by atoms with E-state index in [1.807, 2.05) is 12.2 Å². The van der Waals surface area contributed by atoms with E-state index in [1.54, 1.807) is 0 Å². The smallest absolute Gasteiger partial charge is 0.224 e. The second-order valence-electron chi connectivity index (χ2n) is 6.22. The van der Waals surface area contributed by atoms with Crippen molar-refractivity contribution in [3.63, 3.8) is 0 Å². The number of hydrogen-bond acceptors (Lipinski definition) is 4. The Labute approximate surface area is 124 Å². The maximum Gasteiger partial charge on any atom is 0.224 e. The average molecular weight is 294 g/mol. The van der Waals surface area contributed by atoms with Crippen molar-refractivity contribution in [1.82, 2.24) is 5.32 Å². The second-order valence-corrected chi connectivity index (χ2v) is 6.22. The topological polar surface area (TPSA) is 82.9 Å². The third kappa shape index (κ3) is 2.96. The molecule has 2 fully saturated rings. The van der Waals surface area contributed by atoms with Gasteiger partial charge in [-0.15, -0.1) is 0 Å². The van der Waals surface area contributed by atoms with Crippen LogP contribution in [0.25, 0.3) is 0 Å². The van der Waals surface area contributed by atoms with E-state index < -0.39 is 17.8 Å². The molecule has 2 N–H and O–H groups in total. The lowest BCUT2D eigenvalue weighted by Crippen LogP contribution is -3.14. The number of quaternary nitrogens is 1. The number of allylic oxidation sites excluding steroid dienone is 2. The van der Waals surface area contributed by atoms with E-state index in [-0.39, 0.29) is 17.7 Å². The first kappa shape index (κ1) is 14.5. The summed E-state index contributed by atoms with van der Waals surface area (Å²) in [5.74, 6) is -2.30. The number of rotatable bonds is 5. The summed E-state index contributed by atoms with van der Waals surface area (Å²) in [6.45, 7) is 4.93. The van der Waals surface area contributed by atoms with Gasteiger partial charge in [0.2, 0.25) is 5.91 Å². The van der Waals surface area contributed by atoms with Gasteiger partial charge in [0.15, 0.2) is 0 Å². The molecule has 0 aromatic carbocycles. The first-order valence-corrected chi connectivity index (χ1v) is 7.75. The van der Waals surface area contributed by atoms with Gasteiger partial charge in [-0.25, -0.2) is 0 Å². The standard InChI is InChI=1S/C15H22N2O4/c18-14(16-3-4-17-5-7-21-8-6-17)12-10-1-2-11(9-10)13(12)15(19)20/h1-2,10-13H,3-9H2,(H,16,18)(H,19,20)/t10-,11-,12-,13-/m0/s1. The Balaban J connectivity index is 1.50. The van der Waals surface area contributed by atoms with Crippen molar-refractivity contribution in [2.75, 3.05) is 39.4 Å². The molecule has 6 nitrogen and oxygen atoms in total. The van der Waals surface area contributed by atoms with E-state index in [4.69, 9.17) is 4.74 Å². The number of amides is 1. The molecule has 0 unspecified atom stereocenters. The summed E-state index contributed by atoms with van der Waals surface area (Å²) in [5, 5.41) is 14.2. The van der Waals surface area contributed by atoms with Gasteiger partial charge in [-0.05, 0) is 18.3 Å². The molecule has 2 aliphatic carbocycles. The molecular weight excluding hydrogens is 272 g/mol. The van der Waals surface area contributed by atoms with Gasteiger partial charge in [0, 0.05) is 11.9 Å². The first-order valence-electron chi connectivity index (χ1n) is 7.75. The molecule has 1 amide bonds. The van der Waals surface area contributed by atoms with Gasteiger partial charge in [0.1, 0.15) is 13.1 Å². The van der Waals surface area contributed by atoms with Crippen LogP contribution in [0.4, 0.5) is 0 Å². The highest BCUT2D eigenvalue weighted by Gasteiger charge is 2.48. The zero-order valence-electron chi connectivity index (χ0n) is 12.0. The highest BCUT2D eigenvalue weighted by molar-refractivity contribution is 5.86. The summed E-state index contributed by atoms with van der Waals surface area (Å²) in [6.07, 6.45) is 4.68. The molecule has 21 heavy (non-hydrogen) atoms. The number of aliphatic carboxylic acids is 1. The largest absolute Gasteiger partial charge is 0.550 e. The lowest BCUT2D eigenvalue weighted by Gasteiger charge is -2.28. The van der Waals surface area contributed by atoms with Gasteiger partial charge in [-0.3, -0.25) is 4.79 Å². The van der Waals surface area contributed by atoms with E-state index in [2.05, 4.69) is 5.32 Å². The highest BCUT2D eigenvalue weighted by Crippen LogP contribution is 2.47. The Hall–Kier alpha value is -1.40. The number of carbonyl (C=O) groups is 2. The van der Waals surface area contributed by atoms with Crippen molar-refractivity contribution >= 4 is 11.9 Å². The number of fused-ring (bicyclic) bond motifs is 2. The number of hydrogen-bond donors (Lipinski definition) is 2. The number of morpholine rings is 1. The van der Waals surface area contributed by atoms with Crippen LogP contribution >= 0.6 is 0 Å². The maximum atomic E-state index is 12.3. The molecule has 1 heterocycles. The Kier molecular flexibility index (Phi) is 4.26. The van der Waals surface area contributed by atoms with Crippen molar-refractivity contribution in [1.29, 1.82) is 0 Å². The minimum Gasteiger partial charge on any atom is -0.550 e. The molecule has 0 spiro atoms. The zero-order chi connectivity index (χ0) is 14.8. The lowest BCUT2D eigenvalue weighted by molar-refractivity contribution is -0.906. The molecule has 0 aromatic heterocycles. The van der Waals surface area contributed by atoms with Crippen LogP contribution in [-0.2, 0) is 14.3 Å². The summed E-state index contributed by atoms with van der Waals surface area (Å²) in [7, 11) is 0. The molecule has 2 bridgehead atoms. The van der Waals surface area contributed by atoms with E-state index in [0.29, 0.717) is 6.54 Å². The number of carboxylic acid groups (broad SMARTS) is 1. The van der Waals surface area contributed by atoms with Gasteiger partial charge >= 0.3 is 0 Å². The molecule has 116 valence electrons. The van der Waals surface area contributed by atoms with Gasteiger partial charge in [0.25, 0.3) is 0 Å². The predicted molar refractivity (Wildman–Crippen MR) is 72.1 cm³/mol. The van der Waals surface area contributed by atoms with Crippen molar-refractivity contribution in [3.8, 4) is 0 Å². The van der Waals surface area contributed by atoms with Gasteiger partial charge < -0.3 is 24.9 Å². The zero-order valence-corrected chi connectivity index (χ0v) is 12.0. The quantitative estimate of drug-likeness (QED) is 0.537. The van der Waals surface area contributed by atoms with Gasteiger partial charge in [-0.2, -0.15) is 0 Å². The Bertz CT molecular complexity index is 445. The molecule has 3 rings (SSSR count). The van der Waals surface area contributed by atoms with Crippen LogP contribution in [0.1, 0.15) is 6.42 Å². The fraction of sp³-hybridized carbons (Fsp3) is 0.733. The fourth-order valence-electron chi connectivity index (χ4n) is 3.89. The highest BCUT2D eigenvalue weighted by atomic mass is 16.5.